The number of benzene rings is 2. The lowest BCUT2D eigenvalue weighted by molar-refractivity contribution is -0.892. The molecule has 2 N–H and O–H groups in total. The molecule has 1 amide bonds. The van der Waals surface area contributed by atoms with Crippen molar-refractivity contribution in [3.8, 4) is 0 Å². The van der Waals surface area contributed by atoms with Gasteiger partial charge in [-0.3, -0.25) is 9.10 Å². The van der Waals surface area contributed by atoms with Crippen LogP contribution in [0.2, 0.25) is 0 Å². The third kappa shape index (κ3) is 5.81. The molecule has 1 heterocycles. The van der Waals surface area contributed by atoms with Crippen molar-refractivity contribution in [2.45, 2.75) is 37.0 Å². The zero-order chi connectivity index (χ0) is 20.7. The van der Waals surface area contributed by atoms with Crippen LogP contribution in [0.3, 0.4) is 0 Å². The van der Waals surface area contributed by atoms with Crippen molar-refractivity contribution < 1.29 is 18.1 Å². The van der Waals surface area contributed by atoms with Crippen LogP contribution in [0.1, 0.15) is 32.1 Å². The first kappa shape index (κ1) is 21.3. The Labute approximate surface area is 173 Å². The lowest BCUT2D eigenvalue weighted by atomic mass is 10.1. The minimum atomic E-state index is -3.71. The highest BCUT2D eigenvalue weighted by molar-refractivity contribution is 7.92. The summed E-state index contributed by atoms with van der Waals surface area (Å²) >= 11 is 0. The molecule has 1 fully saturated rings. The number of amides is 1. The molecule has 0 aliphatic carbocycles. The summed E-state index contributed by atoms with van der Waals surface area (Å²) in [6.45, 7) is 2.45. The summed E-state index contributed by atoms with van der Waals surface area (Å²) in [5.74, 6) is -0.0773. The van der Waals surface area contributed by atoms with E-state index in [0.29, 0.717) is 17.9 Å². The summed E-state index contributed by atoms with van der Waals surface area (Å²) in [7, 11) is -2.18. The van der Waals surface area contributed by atoms with Gasteiger partial charge in [0.25, 0.3) is 15.9 Å². The van der Waals surface area contributed by atoms with Gasteiger partial charge in [0.15, 0.2) is 6.54 Å². The number of sulfonamides is 1. The van der Waals surface area contributed by atoms with Crippen LogP contribution in [0.4, 0.5) is 11.4 Å². The summed E-state index contributed by atoms with van der Waals surface area (Å²) in [5.41, 5.74) is 1.09. The molecule has 0 atom stereocenters. The summed E-state index contributed by atoms with van der Waals surface area (Å²) in [4.78, 5) is 14.0. The molecule has 156 valence electrons. The van der Waals surface area contributed by atoms with Gasteiger partial charge >= 0.3 is 0 Å². The van der Waals surface area contributed by atoms with Gasteiger partial charge in [-0.1, -0.05) is 30.7 Å². The van der Waals surface area contributed by atoms with Gasteiger partial charge in [-0.2, -0.15) is 0 Å². The van der Waals surface area contributed by atoms with E-state index in [9.17, 15) is 13.2 Å². The van der Waals surface area contributed by atoms with E-state index < -0.39 is 10.0 Å². The topological polar surface area (TPSA) is 70.9 Å². The van der Waals surface area contributed by atoms with Crippen LogP contribution in [-0.4, -0.2) is 41.0 Å². The summed E-state index contributed by atoms with van der Waals surface area (Å²) in [6.07, 6.45) is 6.07. The fourth-order valence-electron chi connectivity index (χ4n) is 3.68. The van der Waals surface area contributed by atoms with E-state index in [1.54, 1.807) is 42.5 Å². The van der Waals surface area contributed by atoms with E-state index in [-0.39, 0.29) is 10.8 Å². The first-order valence-corrected chi connectivity index (χ1v) is 11.7. The second kappa shape index (κ2) is 9.89. The Morgan fingerprint density at radius 1 is 0.966 bits per heavy atom. The molecule has 1 aliphatic heterocycles. The Morgan fingerprint density at radius 3 is 2.31 bits per heavy atom. The molecular weight excluding hydrogens is 386 g/mol. The van der Waals surface area contributed by atoms with E-state index in [4.69, 9.17) is 0 Å². The maximum absolute atomic E-state index is 13.0. The number of rotatable bonds is 6. The number of hydrogen-bond donors (Lipinski definition) is 2. The lowest BCUT2D eigenvalue weighted by Crippen LogP contribution is -3.13. The number of carbonyl (C=O) groups is 1. The van der Waals surface area contributed by atoms with Crippen molar-refractivity contribution in [2.75, 3.05) is 36.3 Å². The lowest BCUT2D eigenvalue weighted by Gasteiger charge is -2.21. The van der Waals surface area contributed by atoms with Gasteiger partial charge in [-0.05, 0) is 56.0 Å². The van der Waals surface area contributed by atoms with E-state index in [1.807, 2.05) is 6.07 Å². The van der Waals surface area contributed by atoms with Gasteiger partial charge in [0, 0.05) is 12.7 Å². The molecule has 6 nitrogen and oxygen atoms in total. The van der Waals surface area contributed by atoms with E-state index in [1.165, 1.54) is 41.6 Å². The van der Waals surface area contributed by atoms with Crippen LogP contribution in [0.5, 0.6) is 0 Å². The molecule has 2 aromatic rings. The third-order valence-electron chi connectivity index (χ3n) is 5.37. The SMILES string of the molecule is CN(c1ccccc1)S(=O)(=O)c1cccc(NC(=O)C[NH+]2CCCCCCC2)c1. The van der Waals surface area contributed by atoms with Crippen LogP contribution in [0, 0.1) is 0 Å². The average molecular weight is 417 g/mol. The Balaban J connectivity index is 1.68. The molecule has 0 spiro atoms. The summed E-state index contributed by atoms with van der Waals surface area (Å²) < 4.78 is 27.2. The number of likely N-dealkylation sites (tertiary alicyclic amines) is 1. The second-order valence-electron chi connectivity index (χ2n) is 7.58. The van der Waals surface area contributed by atoms with Gasteiger partial charge in [0.2, 0.25) is 0 Å². The van der Waals surface area contributed by atoms with Gasteiger partial charge in [-0.25, -0.2) is 8.42 Å². The number of hydrogen-bond acceptors (Lipinski definition) is 3. The summed E-state index contributed by atoms with van der Waals surface area (Å²) in [6, 6.07) is 15.4. The minimum Gasteiger partial charge on any atom is -0.327 e. The maximum Gasteiger partial charge on any atom is 0.279 e. The first-order chi connectivity index (χ1) is 14.0. The number of nitrogens with zero attached hydrogens (tertiary/aromatic N) is 1. The highest BCUT2D eigenvalue weighted by atomic mass is 32.2. The van der Waals surface area contributed by atoms with Gasteiger partial charge in [-0.15, -0.1) is 0 Å². The molecule has 0 aromatic heterocycles. The van der Waals surface area contributed by atoms with Crippen molar-refractivity contribution >= 4 is 27.3 Å². The predicted molar refractivity (Wildman–Crippen MR) is 116 cm³/mol. The molecule has 0 bridgehead atoms. The molecule has 0 unspecified atom stereocenters. The minimum absolute atomic E-state index is 0.0773. The predicted octanol–water partition coefficient (Wildman–Crippen LogP) is 2.30. The number of para-hydroxylation sites is 1. The van der Waals surface area contributed by atoms with Gasteiger partial charge in [0.05, 0.1) is 23.7 Å². The highest BCUT2D eigenvalue weighted by Gasteiger charge is 2.22. The van der Waals surface area contributed by atoms with Crippen molar-refractivity contribution in [3.63, 3.8) is 0 Å². The molecule has 29 heavy (non-hydrogen) atoms. The van der Waals surface area contributed by atoms with Crippen LogP contribution < -0.4 is 14.5 Å². The van der Waals surface area contributed by atoms with E-state index in [2.05, 4.69) is 5.32 Å². The smallest absolute Gasteiger partial charge is 0.279 e. The zero-order valence-corrected chi connectivity index (χ0v) is 17.7. The standard InChI is InChI=1S/C22H29N3O3S/c1-24(20-12-6-5-7-13-20)29(27,28)21-14-10-11-19(17-21)23-22(26)18-25-15-8-3-2-4-9-16-25/h5-7,10-14,17H,2-4,8-9,15-16,18H2,1H3,(H,23,26)/p+1. The first-order valence-electron chi connectivity index (χ1n) is 10.2. The average Bonchev–Trinajstić information content (AvgIpc) is 2.70. The Kier molecular flexibility index (Phi) is 7.28. The molecule has 7 heteroatoms. The van der Waals surface area contributed by atoms with Gasteiger partial charge < -0.3 is 10.2 Å². The van der Waals surface area contributed by atoms with E-state index in [0.717, 1.165) is 25.9 Å². The number of nitrogens with one attached hydrogen (secondary N) is 2. The third-order valence-corrected chi connectivity index (χ3v) is 7.15. The fraction of sp³-hybridized carbons (Fsp3) is 0.409. The number of anilines is 2. The molecule has 2 aromatic carbocycles. The highest BCUT2D eigenvalue weighted by Crippen LogP contribution is 2.23. The fourth-order valence-corrected chi connectivity index (χ4v) is 4.93. The Morgan fingerprint density at radius 2 is 1.62 bits per heavy atom. The largest absolute Gasteiger partial charge is 0.327 e. The molecule has 1 saturated heterocycles. The molecular formula is C22H30N3O3S+. The molecule has 1 aliphatic rings. The number of quaternary nitrogens is 1. The van der Waals surface area contributed by atoms with Crippen LogP contribution in [0.25, 0.3) is 0 Å². The van der Waals surface area contributed by atoms with Crippen molar-refractivity contribution in [1.82, 2.24) is 0 Å². The molecule has 0 radical (unpaired) electrons. The normalized spacial score (nSPS) is 15.9. The maximum atomic E-state index is 13.0. The van der Waals surface area contributed by atoms with Crippen LogP contribution >= 0.6 is 0 Å². The summed E-state index contributed by atoms with van der Waals surface area (Å²) in [5, 5.41) is 2.87. The Bertz CT molecular complexity index is 908. The van der Waals surface area contributed by atoms with Crippen LogP contribution in [0.15, 0.2) is 59.5 Å². The second-order valence-corrected chi connectivity index (χ2v) is 9.55. The quantitative estimate of drug-likeness (QED) is 0.759. The molecule has 3 rings (SSSR count). The van der Waals surface area contributed by atoms with Crippen LogP contribution in [-0.2, 0) is 14.8 Å². The van der Waals surface area contributed by atoms with E-state index >= 15 is 0 Å². The van der Waals surface area contributed by atoms with Gasteiger partial charge in [0.1, 0.15) is 0 Å². The Hall–Kier alpha value is -2.38. The van der Waals surface area contributed by atoms with Crippen molar-refractivity contribution in [3.05, 3.63) is 54.6 Å². The zero-order valence-electron chi connectivity index (χ0n) is 16.9. The monoisotopic (exact) mass is 416 g/mol. The molecule has 0 saturated carbocycles. The van der Waals surface area contributed by atoms with Crippen molar-refractivity contribution in [2.24, 2.45) is 0 Å². The van der Waals surface area contributed by atoms with Crippen molar-refractivity contribution in [1.29, 1.82) is 0 Å². The number of carbonyl (C=O) groups excluding carboxylic acids is 1.